The van der Waals surface area contributed by atoms with E-state index in [0.717, 1.165) is 0 Å². The van der Waals surface area contributed by atoms with Gasteiger partial charge in [0.25, 0.3) is 0 Å². The van der Waals surface area contributed by atoms with Crippen LogP contribution in [0.3, 0.4) is 0 Å². The highest BCUT2D eigenvalue weighted by molar-refractivity contribution is 5.90. The average Bonchev–Trinajstić information content (AvgIpc) is 2.37. The molecule has 17 heavy (non-hydrogen) atoms. The predicted molar refractivity (Wildman–Crippen MR) is 59.5 cm³/mol. The van der Waals surface area contributed by atoms with Crippen molar-refractivity contribution in [1.29, 1.82) is 0 Å². The molecule has 0 bridgehead atoms. The molecule has 0 aromatic heterocycles. The Kier molecular flexibility index (Phi) is 4.74. The minimum atomic E-state index is -0.481. The van der Waals surface area contributed by atoms with Gasteiger partial charge in [-0.15, -0.1) is 0 Å². The van der Waals surface area contributed by atoms with E-state index in [1.807, 2.05) is 5.48 Å². The SMILES string of the molecule is COC(=O)c1cc(CNO)c(OC)c(OC)c1. The molecule has 0 aliphatic rings. The molecule has 1 aromatic rings. The highest BCUT2D eigenvalue weighted by Crippen LogP contribution is 2.32. The van der Waals surface area contributed by atoms with E-state index in [1.165, 1.54) is 27.4 Å². The second kappa shape index (κ2) is 6.07. The third kappa shape index (κ3) is 2.86. The standard InChI is InChI=1S/C11H15NO5/c1-15-9-5-7(11(13)17-3)4-8(6-12-14)10(9)16-2/h4-5,12,14H,6H2,1-3H3. The zero-order valence-electron chi connectivity index (χ0n) is 9.94. The van der Waals surface area contributed by atoms with Crippen LogP contribution in [0.4, 0.5) is 0 Å². The topological polar surface area (TPSA) is 77.0 Å². The van der Waals surface area contributed by atoms with Crippen LogP contribution >= 0.6 is 0 Å². The van der Waals surface area contributed by atoms with E-state index in [9.17, 15) is 4.79 Å². The fourth-order valence-corrected chi connectivity index (χ4v) is 1.50. The van der Waals surface area contributed by atoms with Crippen LogP contribution in [0.2, 0.25) is 0 Å². The molecule has 2 N–H and O–H groups in total. The molecule has 0 aliphatic carbocycles. The van der Waals surface area contributed by atoms with Crippen LogP contribution in [0.25, 0.3) is 0 Å². The van der Waals surface area contributed by atoms with Crippen molar-refractivity contribution in [2.45, 2.75) is 6.54 Å². The number of hydrogen-bond donors (Lipinski definition) is 2. The van der Waals surface area contributed by atoms with Gasteiger partial charge in [0.1, 0.15) is 0 Å². The molecule has 94 valence electrons. The van der Waals surface area contributed by atoms with E-state index in [-0.39, 0.29) is 6.54 Å². The molecule has 0 spiro atoms. The first kappa shape index (κ1) is 13.3. The lowest BCUT2D eigenvalue weighted by Crippen LogP contribution is -2.10. The van der Waals surface area contributed by atoms with E-state index >= 15 is 0 Å². The van der Waals surface area contributed by atoms with Gasteiger partial charge < -0.3 is 19.4 Å². The minimum absolute atomic E-state index is 0.129. The lowest BCUT2D eigenvalue weighted by molar-refractivity contribution is 0.0600. The quantitative estimate of drug-likeness (QED) is 0.591. The summed E-state index contributed by atoms with van der Waals surface area (Å²) in [6.07, 6.45) is 0. The second-order valence-electron chi connectivity index (χ2n) is 3.20. The van der Waals surface area contributed by atoms with Crippen molar-refractivity contribution in [1.82, 2.24) is 5.48 Å². The molecule has 6 heteroatoms. The van der Waals surface area contributed by atoms with Crippen molar-refractivity contribution in [3.05, 3.63) is 23.3 Å². The number of carbonyl (C=O) groups is 1. The maximum Gasteiger partial charge on any atom is 0.337 e. The molecular weight excluding hydrogens is 226 g/mol. The van der Waals surface area contributed by atoms with E-state index in [0.29, 0.717) is 22.6 Å². The number of esters is 1. The Labute approximate surface area is 99.1 Å². The number of methoxy groups -OCH3 is 3. The molecule has 0 unspecified atom stereocenters. The summed E-state index contributed by atoms with van der Waals surface area (Å²) >= 11 is 0. The van der Waals surface area contributed by atoms with Crippen molar-refractivity contribution < 1.29 is 24.2 Å². The van der Waals surface area contributed by atoms with Gasteiger partial charge in [0.15, 0.2) is 11.5 Å². The Balaban J connectivity index is 3.28. The van der Waals surface area contributed by atoms with Crippen LogP contribution < -0.4 is 15.0 Å². The molecule has 1 rings (SSSR count). The normalized spacial score (nSPS) is 9.88. The van der Waals surface area contributed by atoms with Crippen LogP contribution in [-0.2, 0) is 11.3 Å². The van der Waals surface area contributed by atoms with Crippen molar-refractivity contribution in [3.8, 4) is 11.5 Å². The molecule has 0 fully saturated rings. The maximum absolute atomic E-state index is 11.4. The predicted octanol–water partition coefficient (Wildman–Crippen LogP) is 0.969. The van der Waals surface area contributed by atoms with Gasteiger partial charge in [-0.25, -0.2) is 10.3 Å². The van der Waals surface area contributed by atoms with Crippen LogP contribution in [0.1, 0.15) is 15.9 Å². The summed E-state index contributed by atoms with van der Waals surface area (Å²) in [5.74, 6) is 0.382. The van der Waals surface area contributed by atoms with Gasteiger partial charge in [-0.05, 0) is 12.1 Å². The Morgan fingerprint density at radius 2 is 2.00 bits per heavy atom. The maximum atomic E-state index is 11.4. The number of ether oxygens (including phenoxy) is 3. The summed E-state index contributed by atoms with van der Waals surface area (Å²) in [6, 6.07) is 3.09. The molecule has 1 aromatic carbocycles. The van der Waals surface area contributed by atoms with Gasteiger partial charge in [-0.2, -0.15) is 0 Å². The molecule has 0 atom stereocenters. The Morgan fingerprint density at radius 1 is 1.29 bits per heavy atom. The zero-order valence-corrected chi connectivity index (χ0v) is 9.94. The molecule has 0 amide bonds. The van der Waals surface area contributed by atoms with Crippen molar-refractivity contribution in [2.75, 3.05) is 21.3 Å². The lowest BCUT2D eigenvalue weighted by Gasteiger charge is -2.13. The van der Waals surface area contributed by atoms with Gasteiger partial charge in [0.2, 0.25) is 0 Å². The summed E-state index contributed by atoms with van der Waals surface area (Å²) in [4.78, 5) is 11.4. The molecule has 0 radical (unpaired) electrons. The lowest BCUT2D eigenvalue weighted by atomic mass is 10.1. The first-order chi connectivity index (χ1) is 8.17. The average molecular weight is 241 g/mol. The van der Waals surface area contributed by atoms with E-state index in [2.05, 4.69) is 4.74 Å². The van der Waals surface area contributed by atoms with Gasteiger partial charge in [-0.3, -0.25) is 0 Å². The van der Waals surface area contributed by atoms with Gasteiger partial charge >= 0.3 is 5.97 Å². The fraction of sp³-hybridized carbons (Fsp3) is 0.364. The van der Waals surface area contributed by atoms with Crippen molar-refractivity contribution in [2.24, 2.45) is 0 Å². The number of hydrogen-bond acceptors (Lipinski definition) is 6. The van der Waals surface area contributed by atoms with Gasteiger partial charge in [0.05, 0.1) is 26.9 Å². The summed E-state index contributed by atoms with van der Waals surface area (Å²) in [5.41, 5.74) is 2.93. The summed E-state index contributed by atoms with van der Waals surface area (Å²) < 4.78 is 14.9. The largest absolute Gasteiger partial charge is 0.493 e. The summed E-state index contributed by atoms with van der Waals surface area (Å²) in [5, 5.41) is 8.73. The van der Waals surface area contributed by atoms with E-state index in [1.54, 1.807) is 6.07 Å². The van der Waals surface area contributed by atoms with E-state index < -0.39 is 5.97 Å². The summed E-state index contributed by atoms with van der Waals surface area (Å²) in [6.45, 7) is 0.129. The second-order valence-corrected chi connectivity index (χ2v) is 3.20. The van der Waals surface area contributed by atoms with Gasteiger partial charge in [-0.1, -0.05) is 0 Å². The van der Waals surface area contributed by atoms with Gasteiger partial charge in [0, 0.05) is 12.1 Å². The Morgan fingerprint density at radius 3 is 2.47 bits per heavy atom. The number of benzene rings is 1. The first-order valence-electron chi connectivity index (χ1n) is 4.88. The molecule has 0 aliphatic heterocycles. The first-order valence-corrected chi connectivity index (χ1v) is 4.88. The molecule has 0 saturated carbocycles. The van der Waals surface area contributed by atoms with Crippen LogP contribution in [0.15, 0.2) is 12.1 Å². The monoisotopic (exact) mass is 241 g/mol. The number of nitrogens with one attached hydrogen (secondary N) is 1. The van der Waals surface area contributed by atoms with Crippen molar-refractivity contribution in [3.63, 3.8) is 0 Å². The van der Waals surface area contributed by atoms with Crippen molar-refractivity contribution >= 4 is 5.97 Å². The number of hydroxylamine groups is 1. The van der Waals surface area contributed by atoms with Crippen LogP contribution in [0.5, 0.6) is 11.5 Å². The summed E-state index contributed by atoms with van der Waals surface area (Å²) in [7, 11) is 4.24. The minimum Gasteiger partial charge on any atom is -0.493 e. The third-order valence-corrected chi connectivity index (χ3v) is 2.25. The number of rotatable bonds is 5. The zero-order chi connectivity index (χ0) is 12.8. The molecule has 6 nitrogen and oxygen atoms in total. The van der Waals surface area contributed by atoms with Crippen LogP contribution in [-0.4, -0.2) is 32.5 Å². The highest BCUT2D eigenvalue weighted by Gasteiger charge is 2.16. The molecule has 0 saturated heterocycles. The Bertz CT molecular complexity index is 405. The molecular formula is C11H15NO5. The van der Waals surface area contributed by atoms with Crippen LogP contribution in [0, 0.1) is 0 Å². The fourth-order valence-electron chi connectivity index (χ4n) is 1.50. The molecule has 0 heterocycles. The highest BCUT2D eigenvalue weighted by atomic mass is 16.5. The number of carbonyl (C=O) groups excluding carboxylic acids is 1. The van der Waals surface area contributed by atoms with E-state index in [4.69, 9.17) is 14.7 Å². The smallest absolute Gasteiger partial charge is 0.337 e. The Hall–Kier alpha value is -1.79. The third-order valence-electron chi connectivity index (χ3n) is 2.25.